The van der Waals surface area contributed by atoms with E-state index >= 15 is 0 Å². The first-order chi connectivity index (χ1) is 19.7. The maximum absolute atomic E-state index is 14.1. The van der Waals surface area contributed by atoms with Crippen LogP contribution in [0.4, 0.5) is 5.69 Å². The molecule has 7 nitrogen and oxygen atoms in total. The molecule has 0 radical (unpaired) electrons. The summed E-state index contributed by atoms with van der Waals surface area (Å²) in [6.45, 7) is 7.29. The van der Waals surface area contributed by atoms with E-state index in [4.69, 9.17) is 4.74 Å². The summed E-state index contributed by atoms with van der Waals surface area (Å²) in [5, 5.41) is 2.75. The lowest BCUT2D eigenvalue weighted by Gasteiger charge is -2.45. The molecule has 4 aliphatic rings. The highest BCUT2D eigenvalue weighted by molar-refractivity contribution is 6.10. The molecule has 1 fully saturated rings. The maximum atomic E-state index is 14.1. The first-order valence-corrected chi connectivity index (χ1v) is 14.3. The van der Waals surface area contributed by atoms with Gasteiger partial charge in [-0.2, -0.15) is 0 Å². The number of carbonyl (C=O) groups excluding carboxylic acids is 4. The lowest BCUT2D eigenvalue weighted by Crippen LogP contribution is -2.47. The van der Waals surface area contributed by atoms with Gasteiger partial charge in [-0.15, -0.1) is 0 Å². The van der Waals surface area contributed by atoms with Gasteiger partial charge in [0.05, 0.1) is 11.8 Å². The van der Waals surface area contributed by atoms with E-state index in [9.17, 15) is 19.2 Å². The second-order valence-corrected chi connectivity index (χ2v) is 11.9. The van der Waals surface area contributed by atoms with Crippen LogP contribution in [0, 0.1) is 31.6 Å². The van der Waals surface area contributed by atoms with Crippen molar-refractivity contribution in [3.05, 3.63) is 100 Å². The molecule has 7 rings (SSSR count). The molecule has 210 valence electrons. The molecular formula is C34H34N2O5. The van der Waals surface area contributed by atoms with E-state index in [-0.39, 0.29) is 36.0 Å². The summed E-state index contributed by atoms with van der Waals surface area (Å²) in [4.78, 5) is 55.6. The number of rotatable bonds is 7. The summed E-state index contributed by atoms with van der Waals surface area (Å²) in [5.41, 5.74) is 7.04. The molecule has 7 heteroatoms. The van der Waals surface area contributed by atoms with Gasteiger partial charge in [-0.3, -0.25) is 19.3 Å². The minimum atomic E-state index is -1.10. The smallest absolute Gasteiger partial charge is 0.329 e. The van der Waals surface area contributed by atoms with Gasteiger partial charge in [0.25, 0.3) is 5.91 Å². The van der Waals surface area contributed by atoms with E-state index in [0.717, 1.165) is 38.3 Å². The molecule has 3 aliphatic carbocycles. The van der Waals surface area contributed by atoms with Crippen LogP contribution in [0.5, 0.6) is 0 Å². The topological polar surface area (TPSA) is 92.8 Å². The normalized spacial score (nSPS) is 22.7. The summed E-state index contributed by atoms with van der Waals surface area (Å²) in [6, 6.07) is 20.5. The third kappa shape index (κ3) is 4.44. The van der Waals surface area contributed by atoms with Crippen molar-refractivity contribution in [3.63, 3.8) is 0 Å². The van der Waals surface area contributed by atoms with Gasteiger partial charge >= 0.3 is 5.97 Å². The number of imide groups is 1. The Morgan fingerprint density at radius 2 is 1.32 bits per heavy atom. The number of anilines is 1. The monoisotopic (exact) mass is 550 g/mol. The third-order valence-electron chi connectivity index (χ3n) is 8.90. The molecule has 1 heterocycles. The average molecular weight is 551 g/mol. The summed E-state index contributed by atoms with van der Waals surface area (Å²) >= 11 is 0. The van der Waals surface area contributed by atoms with Crippen LogP contribution in [-0.4, -0.2) is 41.2 Å². The fraction of sp³-hybridized carbons (Fsp3) is 0.353. The number of hydrogen-bond donors (Lipinski definition) is 1. The van der Waals surface area contributed by atoms with Crippen molar-refractivity contribution < 1.29 is 23.9 Å². The van der Waals surface area contributed by atoms with Gasteiger partial charge in [0.2, 0.25) is 11.8 Å². The quantitative estimate of drug-likeness (QED) is 0.327. The van der Waals surface area contributed by atoms with E-state index in [0.29, 0.717) is 5.69 Å². The van der Waals surface area contributed by atoms with Crippen molar-refractivity contribution in [2.75, 3.05) is 11.9 Å². The van der Waals surface area contributed by atoms with Crippen molar-refractivity contribution in [1.29, 1.82) is 0 Å². The van der Waals surface area contributed by atoms with Crippen LogP contribution < -0.4 is 5.32 Å². The van der Waals surface area contributed by atoms with Gasteiger partial charge in [-0.05, 0) is 71.7 Å². The molecule has 3 amide bonds. The molecule has 1 N–H and O–H groups in total. The maximum Gasteiger partial charge on any atom is 0.329 e. The molecule has 0 saturated carbocycles. The zero-order valence-electron chi connectivity index (χ0n) is 23.7. The first-order valence-electron chi connectivity index (χ1n) is 14.3. The Morgan fingerprint density at radius 3 is 1.78 bits per heavy atom. The zero-order chi connectivity index (χ0) is 29.0. The van der Waals surface area contributed by atoms with E-state index in [2.05, 4.69) is 5.32 Å². The Labute approximate surface area is 239 Å². The molecule has 0 spiro atoms. The summed E-state index contributed by atoms with van der Waals surface area (Å²) in [7, 11) is 0. The number of amides is 3. The molecule has 0 unspecified atom stereocenters. The number of carbonyl (C=O) groups is 4. The molecule has 0 aromatic heterocycles. The Balaban J connectivity index is 1.26. The lowest BCUT2D eigenvalue weighted by atomic mass is 9.55. The predicted molar refractivity (Wildman–Crippen MR) is 154 cm³/mol. The SMILES string of the molecule is Cc1ccc(NC(=O)COC(=O)[C@H](CC(C)C)N2C(=O)[C@@H]3C4c5ccccc5C(c5ccccc54)[C@H]3C2=O)cc1C. The van der Waals surface area contributed by atoms with Crippen LogP contribution in [-0.2, 0) is 23.9 Å². The van der Waals surface area contributed by atoms with Crippen molar-refractivity contribution >= 4 is 29.4 Å². The predicted octanol–water partition coefficient (Wildman–Crippen LogP) is 5.09. The van der Waals surface area contributed by atoms with E-state index < -0.39 is 36.4 Å². The fourth-order valence-corrected chi connectivity index (χ4v) is 7.01. The number of hydrogen-bond acceptors (Lipinski definition) is 5. The average Bonchev–Trinajstić information content (AvgIpc) is 3.22. The minimum absolute atomic E-state index is 0.00579. The fourth-order valence-electron chi connectivity index (χ4n) is 7.01. The van der Waals surface area contributed by atoms with Gasteiger partial charge in [0.1, 0.15) is 6.04 Å². The van der Waals surface area contributed by atoms with Gasteiger partial charge in [0.15, 0.2) is 6.61 Å². The van der Waals surface area contributed by atoms with E-state index in [1.165, 1.54) is 0 Å². The van der Waals surface area contributed by atoms with Crippen LogP contribution in [0.1, 0.15) is 65.5 Å². The van der Waals surface area contributed by atoms with Crippen molar-refractivity contribution in [2.45, 2.75) is 52.0 Å². The van der Waals surface area contributed by atoms with Crippen LogP contribution in [0.3, 0.4) is 0 Å². The van der Waals surface area contributed by atoms with Gasteiger partial charge < -0.3 is 10.1 Å². The Bertz CT molecular complexity index is 1460. The van der Waals surface area contributed by atoms with E-state index in [1.807, 2.05) is 88.4 Å². The first kappa shape index (κ1) is 26.9. The highest BCUT2D eigenvalue weighted by Gasteiger charge is 2.63. The minimum Gasteiger partial charge on any atom is -0.454 e. The molecule has 2 bridgehead atoms. The van der Waals surface area contributed by atoms with Crippen LogP contribution in [0.15, 0.2) is 66.7 Å². The summed E-state index contributed by atoms with van der Waals surface area (Å²) in [6.07, 6.45) is 0.254. The Kier molecular flexibility index (Phi) is 6.76. The highest BCUT2D eigenvalue weighted by Crippen LogP contribution is 2.61. The molecule has 1 saturated heterocycles. The molecule has 3 aromatic rings. The summed E-state index contributed by atoms with van der Waals surface area (Å²) in [5.74, 6) is -3.54. The standard InChI is InChI=1S/C34H34N2O5/c1-18(2)15-26(34(40)41-17-27(37)35-21-14-13-19(3)20(4)16-21)36-32(38)30-28-22-9-5-6-10-23(22)29(31(30)33(36)39)25-12-8-7-11-24(25)28/h5-14,16,18,26,28-31H,15,17H2,1-4H3,(H,35,37)/t26-,28?,29?,30+,31+/m0/s1. The molecule has 41 heavy (non-hydrogen) atoms. The highest BCUT2D eigenvalue weighted by atomic mass is 16.5. The largest absolute Gasteiger partial charge is 0.454 e. The second-order valence-electron chi connectivity index (χ2n) is 11.9. The molecule has 3 atom stereocenters. The Morgan fingerprint density at radius 1 is 0.805 bits per heavy atom. The number of nitrogens with zero attached hydrogens (tertiary/aromatic N) is 1. The van der Waals surface area contributed by atoms with E-state index in [1.54, 1.807) is 6.07 Å². The number of aryl methyl sites for hydroxylation is 2. The summed E-state index contributed by atoms with van der Waals surface area (Å²) < 4.78 is 5.45. The van der Waals surface area contributed by atoms with Crippen molar-refractivity contribution in [3.8, 4) is 0 Å². The van der Waals surface area contributed by atoms with Crippen LogP contribution in [0.2, 0.25) is 0 Å². The molecular weight excluding hydrogens is 516 g/mol. The molecule has 1 aliphatic heterocycles. The zero-order valence-corrected chi connectivity index (χ0v) is 23.7. The Hall–Kier alpha value is -4.26. The van der Waals surface area contributed by atoms with Crippen LogP contribution in [0.25, 0.3) is 0 Å². The number of ether oxygens (including phenoxy) is 1. The van der Waals surface area contributed by atoms with Gasteiger partial charge in [-0.1, -0.05) is 68.4 Å². The van der Waals surface area contributed by atoms with Crippen LogP contribution >= 0.6 is 0 Å². The van der Waals surface area contributed by atoms with Gasteiger partial charge in [0, 0.05) is 17.5 Å². The number of nitrogens with one attached hydrogen (secondary N) is 1. The van der Waals surface area contributed by atoms with Crippen molar-refractivity contribution in [2.24, 2.45) is 17.8 Å². The van der Waals surface area contributed by atoms with Crippen molar-refractivity contribution in [1.82, 2.24) is 4.90 Å². The number of likely N-dealkylation sites (tertiary alicyclic amines) is 1. The second kappa shape index (κ2) is 10.3. The molecule has 3 aromatic carbocycles. The van der Waals surface area contributed by atoms with Gasteiger partial charge in [-0.25, -0.2) is 4.79 Å². The number of esters is 1. The third-order valence-corrected chi connectivity index (χ3v) is 8.90. The number of benzene rings is 3. The lowest BCUT2D eigenvalue weighted by molar-refractivity contribution is -0.160.